The lowest BCUT2D eigenvalue weighted by molar-refractivity contribution is 0.255. The van der Waals surface area contributed by atoms with Crippen LogP contribution in [-0.2, 0) is 6.42 Å². The van der Waals surface area contributed by atoms with E-state index in [2.05, 4.69) is 4.98 Å². The molecular formula is C10H10ClN3OS. The molecule has 1 N–H and O–H groups in total. The minimum absolute atomic E-state index is 0.163. The van der Waals surface area contributed by atoms with Gasteiger partial charge in [0.25, 0.3) is 0 Å². The van der Waals surface area contributed by atoms with Crippen LogP contribution in [0.15, 0.2) is 5.38 Å². The van der Waals surface area contributed by atoms with Crippen molar-refractivity contribution in [2.24, 2.45) is 5.92 Å². The molecule has 0 saturated carbocycles. The third kappa shape index (κ3) is 1.80. The van der Waals surface area contributed by atoms with Crippen LogP contribution in [-0.4, -0.2) is 21.1 Å². The number of aromatic nitrogens is 2. The zero-order chi connectivity index (χ0) is 11.7. The first-order chi connectivity index (χ1) is 7.67. The number of hydrogen-bond donors (Lipinski definition) is 1. The average Bonchev–Trinajstić information content (AvgIpc) is 2.77. The van der Waals surface area contributed by atoms with Crippen molar-refractivity contribution in [3.63, 3.8) is 0 Å². The molecule has 1 atom stereocenters. The Morgan fingerprint density at radius 3 is 3.12 bits per heavy atom. The van der Waals surface area contributed by atoms with Crippen LogP contribution in [0.25, 0.3) is 4.96 Å². The van der Waals surface area contributed by atoms with E-state index < -0.39 is 5.92 Å². The molecule has 2 aromatic rings. The SMILES string of the molecule is Cc1csc2nc(Cl)c(CC(C#N)CO)n12. The number of thiazole rings is 1. The number of hydrogen-bond acceptors (Lipinski definition) is 4. The van der Waals surface area contributed by atoms with Crippen molar-refractivity contribution in [3.05, 3.63) is 21.9 Å². The zero-order valence-corrected chi connectivity index (χ0v) is 10.2. The summed E-state index contributed by atoms with van der Waals surface area (Å²) >= 11 is 7.54. The maximum Gasteiger partial charge on any atom is 0.195 e. The van der Waals surface area contributed by atoms with E-state index in [1.807, 2.05) is 22.8 Å². The topological polar surface area (TPSA) is 61.3 Å². The van der Waals surface area contributed by atoms with E-state index >= 15 is 0 Å². The maximum atomic E-state index is 9.02. The second-order valence-corrected chi connectivity index (χ2v) is 4.75. The monoisotopic (exact) mass is 255 g/mol. The Hall–Kier alpha value is -1.09. The van der Waals surface area contributed by atoms with Crippen LogP contribution in [0.2, 0.25) is 5.15 Å². The van der Waals surface area contributed by atoms with E-state index in [1.165, 1.54) is 11.3 Å². The van der Waals surface area contributed by atoms with Gasteiger partial charge in [0, 0.05) is 17.5 Å². The lowest BCUT2D eigenvalue weighted by atomic mass is 10.1. The predicted molar refractivity (Wildman–Crippen MR) is 62.7 cm³/mol. The van der Waals surface area contributed by atoms with Crippen LogP contribution < -0.4 is 0 Å². The number of nitrogens with zero attached hydrogens (tertiary/aromatic N) is 3. The van der Waals surface area contributed by atoms with Gasteiger partial charge in [-0.05, 0) is 6.92 Å². The molecule has 4 nitrogen and oxygen atoms in total. The number of aliphatic hydroxyl groups is 1. The Morgan fingerprint density at radius 2 is 2.50 bits per heavy atom. The molecule has 84 valence electrons. The minimum Gasteiger partial charge on any atom is -0.395 e. The summed E-state index contributed by atoms with van der Waals surface area (Å²) in [6.07, 6.45) is 0.421. The lowest BCUT2D eigenvalue weighted by Crippen LogP contribution is -2.09. The largest absolute Gasteiger partial charge is 0.395 e. The van der Waals surface area contributed by atoms with E-state index in [1.54, 1.807) is 0 Å². The molecule has 2 aromatic heterocycles. The fourth-order valence-electron chi connectivity index (χ4n) is 1.60. The summed E-state index contributed by atoms with van der Waals surface area (Å²) < 4.78 is 1.94. The Kier molecular flexibility index (Phi) is 3.15. The van der Waals surface area contributed by atoms with Gasteiger partial charge < -0.3 is 5.11 Å². The molecule has 0 aliphatic heterocycles. The van der Waals surface area contributed by atoms with Crippen LogP contribution >= 0.6 is 22.9 Å². The molecule has 0 fully saturated rings. The normalized spacial score (nSPS) is 12.9. The molecule has 16 heavy (non-hydrogen) atoms. The van der Waals surface area contributed by atoms with Crippen molar-refractivity contribution in [3.8, 4) is 6.07 Å². The van der Waals surface area contributed by atoms with E-state index in [0.29, 0.717) is 11.6 Å². The molecule has 0 radical (unpaired) electrons. The number of imidazole rings is 1. The molecule has 0 aromatic carbocycles. The average molecular weight is 256 g/mol. The molecule has 0 aliphatic rings. The summed E-state index contributed by atoms with van der Waals surface area (Å²) in [6.45, 7) is 1.80. The molecule has 0 aliphatic carbocycles. The van der Waals surface area contributed by atoms with E-state index in [9.17, 15) is 0 Å². The van der Waals surface area contributed by atoms with Gasteiger partial charge in [0.1, 0.15) is 0 Å². The first-order valence-corrected chi connectivity index (χ1v) is 6.04. The lowest BCUT2D eigenvalue weighted by Gasteiger charge is -2.05. The minimum atomic E-state index is -0.434. The highest BCUT2D eigenvalue weighted by Crippen LogP contribution is 2.25. The second kappa shape index (κ2) is 4.42. The van der Waals surface area contributed by atoms with Crippen LogP contribution in [0.3, 0.4) is 0 Å². The second-order valence-electron chi connectivity index (χ2n) is 3.56. The third-order valence-electron chi connectivity index (χ3n) is 2.42. The van der Waals surface area contributed by atoms with Gasteiger partial charge in [-0.25, -0.2) is 4.98 Å². The number of aryl methyl sites for hydroxylation is 1. The molecule has 1 unspecified atom stereocenters. The molecule has 2 heterocycles. The van der Waals surface area contributed by atoms with Crippen LogP contribution in [0.1, 0.15) is 11.4 Å². The van der Waals surface area contributed by atoms with E-state index in [4.69, 9.17) is 22.0 Å². The summed E-state index contributed by atoms with van der Waals surface area (Å²) in [5.74, 6) is -0.434. The smallest absolute Gasteiger partial charge is 0.195 e. The molecule has 0 spiro atoms. The van der Waals surface area contributed by atoms with E-state index in [0.717, 1.165) is 16.3 Å². The summed E-state index contributed by atoms with van der Waals surface area (Å²) in [4.78, 5) is 5.04. The Morgan fingerprint density at radius 1 is 1.75 bits per heavy atom. The molecule has 6 heteroatoms. The van der Waals surface area contributed by atoms with Crippen molar-refractivity contribution in [2.75, 3.05) is 6.61 Å². The Labute approximate surface area is 102 Å². The third-order valence-corrected chi connectivity index (χ3v) is 3.67. The van der Waals surface area contributed by atoms with Crippen molar-refractivity contribution in [1.82, 2.24) is 9.38 Å². The quantitative estimate of drug-likeness (QED) is 0.913. The highest BCUT2D eigenvalue weighted by atomic mass is 35.5. The van der Waals surface area contributed by atoms with Gasteiger partial charge in [0.15, 0.2) is 10.1 Å². The number of nitriles is 1. The highest BCUT2D eigenvalue weighted by molar-refractivity contribution is 7.15. The number of aliphatic hydroxyl groups excluding tert-OH is 1. The van der Waals surface area contributed by atoms with Gasteiger partial charge in [-0.15, -0.1) is 11.3 Å². The van der Waals surface area contributed by atoms with Crippen molar-refractivity contribution in [2.45, 2.75) is 13.3 Å². The van der Waals surface area contributed by atoms with Gasteiger partial charge in [0.05, 0.1) is 24.3 Å². The van der Waals surface area contributed by atoms with Crippen molar-refractivity contribution >= 4 is 27.9 Å². The molecule has 0 bridgehead atoms. The molecule has 0 saturated heterocycles. The molecular weight excluding hydrogens is 246 g/mol. The van der Waals surface area contributed by atoms with Crippen molar-refractivity contribution < 1.29 is 5.11 Å². The number of rotatable bonds is 3. The molecule has 0 amide bonds. The summed E-state index contributed by atoms with van der Waals surface area (Å²) in [5, 5.41) is 20.3. The fraction of sp³-hybridized carbons (Fsp3) is 0.400. The van der Waals surface area contributed by atoms with Gasteiger partial charge >= 0.3 is 0 Å². The van der Waals surface area contributed by atoms with Gasteiger partial charge in [-0.1, -0.05) is 11.6 Å². The predicted octanol–water partition coefficient (Wildman–Crippen LogP) is 2.03. The summed E-state index contributed by atoms with van der Waals surface area (Å²) in [5.41, 5.74) is 1.85. The fourth-order valence-corrected chi connectivity index (χ4v) is 2.78. The van der Waals surface area contributed by atoms with Crippen LogP contribution in [0.4, 0.5) is 0 Å². The summed E-state index contributed by atoms with van der Waals surface area (Å²) in [7, 11) is 0. The Bertz CT molecular complexity index is 554. The standard InChI is InChI=1S/C10H10ClN3OS/c1-6-5-16-10-13-9(11)8(14(6)10)2-7(3-12)4-15/h5,7,15H,2,4H2,1H3. The van der Waals surface area contributed by atoms with Gasteiger partial charge in [0.2, 0.25) is 0 Å². The van der Waals surface area contributed by atoms with Crippen LogP contribution in [0.5, 0.6) is 0 Å². The first kappa shape index (κ1) is 11.4. The van der Waals surface area contributed by atoms with Gasteiger partial charge in [-0.2, -0.15) is 5.26 Å². The maximum absolute atomic E-state index is 9.02. The number of halogens is 1. The molecule has 2 rings (SSSR count). The number of fused-ring (bicyclic) bond motifs is 1. The zero-order valence-electron chi connectivity index (χ0n) is 8.64. The Balaban J connectivity index is 2.46. The van der Waals surface area contributed by atoms with Crippen molar-refractivity contribution in [1.29, 1.82) is 5.26 Å². The van der Waals surface area contributed by atoms with E-state index in [-0.39, 0.29) is 6.61 Å². The highest BCUT2D eigenvalue weighted by Gasteiger charge is 2.17. The summed E-state index contributed by atoms with van der Waals surface area (Å²) in [6, 6.07) is 2.05. The van der Waals surface area contributed by atoms with Crippen LogP contribution in [0, 0.1) is 24.2 Å². The first-order valence-electron chi connectivity index (χ1n) is 4.78. The van der Waals surface area contributed by atoms with Gasteiger partial charge in [-0.3, -0.25) is 4.40 Å².